The third-order valence-electron chi connectivity index (χ3n) is 4.11. The third-order valence-corrected chi connectivity index (χ3v) is 4.11. The van der Waals surface area contributed by atoms with Crippen molar-refractivity contribution in [1.29, 1.82) is 0 Å². The number of hydrogen-bond donors (Lipinski definition) is 1. The second kappa shape index (κ2) is 6.53. The van der Waals surface area contributed by atoms with Gasteiger partial charge in [-0.25, -0.2) is 0 Å². The zero-order chi connectivity index (χ0) is 14.7. The van der Waals surface area contributed by atoms with Crippen molar-refractivity contribution in [2.24, 2.45) is 17.8 Å². The molecule has 0 aromatic heterocycles. The molecule has 0 bridgehead atoms. The SMILES string of the molecule is CC1CC(C)CC(C(O)c2ccc(OC(F)F)cc2)C1. The topological polar surface area (TPSA) is 29.5 Å². The van der Waals surface area contributed by atoms with E-state index in [9.17, 15) is 13.9 Å². The van der Waals surface area contributed by atoms with Crippen LogP contribution in [0.2, 0.25) is 0 Å². The van der Waals surface area contributed by atoms with Crippen LogP contribution in [0.1, 0.15) is 44.8 Å². The largest absolute Gasteiger partial charge is 0.435 e. The highest BCUT2D eigenvalue weighted by Crippen LogP contribution is 2.39. The van der Waals surface area contributed by atoms with E-state index in [2.05, 4.69) is 18.6 Å². The predicted octanol–water partition coefficient (Wildman–Crippen LogP) is 4.39. The summed E-state index contributed by atoms with van der Waals surface area (Å²) < 4.78 is 28.5. The molecule has 2 nitrogen and oxygen atoms in total. The highest BCUT2D eigenvalue weighted by molar-refractivity contribution is 5.29. The monoisotopic (exact) mass is 284 g/mol. The Morgan fingerprint density at radius 3 is 2.10 bits per heavy atom. The van der Waals surface area contributed by atoms with Gasteiger partial charge in [-0.15, -0.1) is 0 Å². The van der Waals surface area contributed by atoms with Crippen molar-refractivity contribution in [2.75, 3.05) is 0 Å². The second-order valence-corrected chi connectivity index (χ2v) is 6.07. The summed E-state index contributed by atoms with van der Waals surface area (Å²) in [6.45, 7) is 1.62. The summed E-state index contributed by atoms with van der Waals surface area (Å²) in [6, 6.07) is 6.32. The molecule has 0 heterocycles. The van der Waals surface area contributed by atoms with Gasteiger partial charge in [-0.1, -0.05) is 26.0 Å². The molecule has 0 spiro atoms. The number of halogens is 2. The lowest BCUT2D eigenvalue weighted by Crippen LogP contribution is -2.24. The van der Waals surface area contributed by atoms with Crippen LogP contribution >= 0.6 is 0 Å². The molecule has 1 fully saturated rings. The van der Waals surface area contributed by atoms with Crippen LogP contribution in [0.4, 0.5) is 8.78 Å². The molecule has 1 aliphatic rings. The summed E-state index contributed by atoms with van der Waals surface area (Å²) in [4.78, 5) is 0. The summed E-state index contributed by atoms with van der Waals surface area (Å²) in [6.07, 6.45) is 2.71. The van der Waals surface area contributed by atoms with Crippen molar-refractivity contribution >= 4 is 0 Å². The summed E-state index contributed by atoms with van der Waals surface area (Å²) in [7, 11) is 0. The molecule has 0 radical (unpaired) electrons. The molecule has 20 heavy (non-hydrogen) atoms. The lowest BCUT2D eigenvalue weighted by molar-refractivity contribution is -0.0498. The van der Waals surface area contributed by atoms with E-state index in [1.54, 1.807) is 12.1 Å². The molecule has 1 aromatic rings. The van der Waals surface area contributed by atoms with E-state index in [1.165, 1.54) is 18.6 Å². The van der Waals surface area contributed by atoms with Crippen LogP contribution in [0.15, 0.2) is 24.3 Å². The van der Waals surface area contributed by atoms with Crippen LogP contribution < -0.4 is 4.74 Å². The van der Waals surface area contributed by atoms with Crippen molar-refractivity contribution in [3.05, 3.63) is 29.8 Å². The first-order valence-electron chi connectivity index (χ1n) is 7.18. The standard InChI is InChI=1S/C16H22F2O2/c1-10-7-11(2)9-13(8-10)15(19)12-3-5-14(6-4-12)20-16(17)18/h3-6,10-11,13,15-16,19H,7-9H2,1-2H3. The van der Waals surface area contributed by atoms with Gasteiger partial charge >= 0.3 is 6.61 Å². The number of aliphatic hydroxyl groups excluding tert-OH is 1. The van der Waals surface area contributed by atoms with Gasteiger partial charge in [-0.3, -0.25) is 0 Å². The Morgan fingerprint density at radius 2 is 1.60 bits per heavy atom. The van der Waals surface area contributed by atoms with Crippen LogP contribution in [0.3, 0.4) is 0 Å². The number of aliphatic hydroxyl groups is 1. The number of rotatable bonds is 4. The minimum absolute atomic E-state index is 0.126. The molecule has 3 atom stereocenters. The normalized spacial score (nSPS) is 28.4. The van der Waals surface area contributed by atoms with Gasteiger partial charge in [-0.05, 0) is 54.7 Å². The molecule has 2 rings (SSSR count). The molecule has 3 unspecified atom stereocenters. The van der Waals surface area contributed by atoms with Gasteiger partial charge in [0.2, 0.25) is 0 Å². The van der Waals surface area contributed by atoms with E-state index < -0.39 is 12.7 Å². The highest BCUT2D eigenvalue weighted by Gasteiger charge is 2.29. The van der Waals surface area contributed by atoms with Crippen molar-refractivity contribution in [3.8, 4) is 5.75 Å². The van der Waals surface area contributed by atoms with Crippen LogP contribution in [-0.2, 0) is 0 Å². The van der Waals surface area contributed by atoms with E-state index in [1.807, 2.05) is 0 Å². The van der Waals surface area contributed by atoms with Crippen LogP contribution in [0.25, 0.3) is 0 Å². The molecule has 0 amide bonds. The smallest absolute Gasteiger partial charge is 0.387 e. The summed E-state index contributed by atoms with van der Waals surface area (Å²) in [5, 5.41) is 10.5. The van der Waals surface area contributed by atoms with Gasteiger partial charge in [0.15, 0.2) is 0 Å². The van der Waals surface area contributed by atoms with Gasteiger partial charge in [0.25, 0.3) is 0 Å². The van der Waals surface area contributed by atoms with Crippen molar-refractivity contribution in [2.45, 2.75) is 45.8 Å². The third kappa shape index (κ3) is 3.92. The minimum Gasteiger partial charge on any atom is -0.435 e. The quantitative estimate of drug-likeness (QED) is 0.888. The van der Waals surface area contributed by atoms with Gasteiger partial charge in [0.05, 0.1) is 6.10 Å². The van der Waals surface area contributed by atoms with Crippen molar-refractivity contribution in [3.63, 3.8) is 0 Å². The fraction of sp³-hybridized carbons (Fsp3) is 0.625. The van der Waals surface area contributed by atoms with E-state index in [-0.39, 0.29) is 11.7 Å². The zero-order valence-electron chi connectivity index (χ0n) is 11.9. The average Bonchev–Trinajstić information content (AvgIpc) is 2.37. The average molecular weight is 284 g/mol. The van der Waals surface area contributed by atoms with Gasteiger partial charge < -0.3 is 9.84 Å². The lowest BCUT2D eigenvalue weighted by atomic mass is 9.73. The van der Waals surface area contributed by atoms with E-state index in [4.69, 9.17) is 0 Å². The molecule has 112 valence electrons. The first-order chi connectivity index (χ1) is 9.45. The fourth-order valence-corrected chi connectivity index (χ4v) is 3.39. The molecule has 0 aliphatic heterocycles. The van der Waals surface area contributed by atoms with Gasteiger partial charge in [0, 0.05) is 0 Å². The maximum atomic E-state index is 12.1. The maximum Gasteiger partial charge on any atom is 0.387 e. The van der Waals surface area contributed by atoms with E-state index >= 15 is 0 Å². The lowest BCUT2D eigenvalue weighted by Gasteiger charge is -2.34. The molecule has 4 heteroatoms. The number of hydrogen-bond acceptors (Lipinski definition) is 2. The van der Waals surface area contributed by atoms with Gasteiger partial charge in [-0.2, -0.15) is 8.78 Å². The molecule has 1 aliphatic carbocycles. The summed E-state index contributed by atoms with van der Waals surface area (Å²) in [5.74, 6) is 1.62. The summed E-state index contributed by atoms with van der Waals surface area (Å²) in [5.41, 5.74) is 0.776. The molecule has 1 N–H and O–H groups in total. The Labute approximate surface area is 118 Å². The molecular formula is C16H22F2O2. The second-order valence-electron chi connectivity index (χ2n) is 6.07. The number of alkyl halides is 2. The first kappa shape index (κ1) is 15.2. The molecule has 0 saturated heterocycles. The Kier molecular flexibility index (Phi) is 4.97. The Morgan fingerprint density at radius 1 is 1.05 bits per heavy atom. The van der Waals surface area contributed by atoms with Gasteiger partial charge in [0.1, 0.15) is 5.75 Å². The molecule has 1 saturated carbocycles. The Bertz CT molecular complexity index is 409. The fourth-order valence-electron chi connectivity index (χ4n) is 3.39. The van der Waals surface area contributed by atoms with Crippen LogP contribution in [0.5, 0.6) is 5.75 Å². The highest BCUT2D eigenvalue weighted by atomic mass is 19.3. The van der Waals surface area contributed by atoms with E-state index in [0.29, 0.717) is 11.8 Å². The Balaban J connectivity index is 2.03. The Hall–Kier alpha value is -1.16. The van der Waals surface area contributed by atoms with Crippen molar-refractivity contribution < 1.29 is 18.6 Å². The predicted molar refractivity (Wildman–Crippen MR) is 73.7 cm³/mol. The first-order valence-corrected chi connectivity index (χ1v) is 7.18. The van der Waals surface area contributed by atoms with Crippen molar-refractivity contribution in [1.82, 2.24) is 0 Å². The van der Waals surface area contributed by atoms with Crippen LogP contribution in [0, 0.1) is 17.8 Å². The number of benzene rings is 1. The molecular weight excluding hydrogens is 262 g/mol. The molecule has 1 aromatic carbocycles. The maximum absolute atomic E-state index is 12.1. The van der Waals surface area contributed by atoms with Crippen LogP contribution in [-0.4, -0.2) is 11.7 Å². The summed E-state index contributed by atoms with van der Waals surface area (Å²) >= 11 is 0. The van der Waals surface area contributed by atoms with E-state index in [0.717, 1.165) is 18.4 Å². The number of ether oxygens (including phenoxy) is 1. The minimum atomic E-state index is -2.81. The zero-order valence-corrected chi connectivity index (χ0v) is 11.9.